The molecule has 8 heteroatoms. The summed E-state index contributed by atoms with van der Waals surface area (Å²) in [5, 5.41) is 0.473. The second-order valence-electron chi connectivity index (χ2n) is 5.16. The van der Waals surface area contributed by atoms with Crippen LogP contribution >= 0.6 is 38.2 Å². The molecule has 1 aliphatic rings. The van der Waals surface area contributed by atoms with Crippen LogP contribution < -0.4 is 4.74 Å². The summed E-state index contributed by atoms with van der Waals surface area (Å²) in [4.78, 5) is 0. The van der Waals surface area contributed by atoms with Crippen LogP contribution in [-0.2, 0) is 13.8 Å². The lowest BCUT2D eigenvalue weighted by atomic mass is 9.83. The van der Waals surface area contributed by atoms with E-state index in [0.29, 0.717) is 36.8 Å². The normalized spacial score (nSPS) is 18.4. The molecule has 1 aromatic rings. The molecule has 0 aliphatic carbocycles. The first-order valence-corrected chi connectivity index (χ1v) is 10.0. The van der Waals surface area contributed by atoms with E-state index in [0.717, 1.165) is 4.47 Å². The number of hydrogen-bond donors (Lipinski definition) is 0. The minimum atomic E-state index is -3.61. The lowest BCUT2D eigenvalue weighted by Gasteiger charge is -2.35. The summed E-state index contributed by atoms with van der Waals surface area (Å²) >= 11 is 9.42. The quantitative estimate of drug-likeness (QED) is 0.682. The van der Waals surface area contributed by atoms with Crippen LogP contribution in [0.15, 0.2) is 22.7 Å². The zero-order chi connectivity index (χ0) is 15.5. The Balaban J connectivity index is 2.12. The van der Waals surface area contributed by atoms with E-state index in [9.17, 15) is 8.42 Å². The number of halogens is 3. The summed E-state index contributed by atoms with van der Waals surface area (Å²) < 4.78 is 34.8. The van der Waals surface area contributed by atoms with Crippen LogP contribution in [-0.4, -0.2) is 34.0 Å². The summed E-state index contributed by atoms with van der Waals surface area (Å²) in [6, 6.07) is 5.29. The summed E-state index contributed by atoms with van der Waals surface area (Å²) in [5.74, 6) is 0.400. The highest BCUT2D eigenvalue weighted by Crippen LogP contribution is 2.35. The molecule has 0 saturated carbocycles. The molecule has 1 aromatic carbocycles. The lowest BCUT2D eigenvalue weighted by Crippen LogP contribution is -2.40. The van der Waals surface area contributed by atoms with Crippen LogP contribution in [0, 0.1) is 5.41 Å². The van der Waals surface area contributed by atoms with Crippen LogP contribution in [0.3, 0.4) is 0 Å². The molecule has 118 valence electrons. The van der Waals surface area contributed by atoms with Crippen LogP contribution in [0.2, 0.25) is 5.02 Å². The molecule has 1 heterocycles. The molecule has 1 saturated heterocycles. The molecule has 2 rings (SSSR count). The van der Waals surface area contributed by atoms with E-state index in [-0.39, 0.29) is 12.4 Å². The predicted octanol–water partition coefficient (Wildman–Crippen LogP) is 3.85. The Labute approximate surface area is 142 Å². The van der Waals surface area contributed by atoms with E-state index in [2.05, 4.69) is 15.9 Å². The zero-order valence-electron chi connectivity index (χ0n) is 11.1. The van der Waals surface area contributed by atoms with Crippen molar-refractivity contribution in [2.75, 3.05) is 25.6 Å². The summed E-state index contributed by atoms with van der Waals surface area (Å²) in [6.45, 7) is 1.25. The van der Waals surface area contributed by atoms with Crippen molar-refractivity contribution >= 4 is 47.3 Å². The van der Waals surface area contributed by atoms with Gasteiger partial charge in [-0.2, -0.15) is 0 Å². The molecule has 0 spiro atoms. The lowest BCUT2D eigenvalue weighted by molar-refractivity contribution is 0.00230. The van der Waals surface area contributed by atoms with Gasteiger partial charge in [-0.05, 0) is 31.0 Å². The van der Waals surface area contributed by atoms with Crippen molar-refractivity contribution in [1.29, 1.82) is 0 Å². The molecule has 0 radical (unpaired) electrons. The van der Waals surface area contributed by atoms with Gasteiger partial charge in [-0.3, -0.25) is 0 Å². The van der Waals surface area contributed by atoms with Gasteiger partial charge in [0, 0.05) is 33.8 Å². The van der Waals surface area contributed by atoms with Crippen LogP contribution in [0.1, 0.15) is 12.8 Å². The van der Waals surface area contributed by atoms with E-state index >= 15 is 0 Å². The fraction of sp³-hybridized carbons (Fsp3) is 0.538. The Hall–Kier alpha value is -0.0100. The van der Waals surface area contributed by atoms with Crippen LogP contribution in [0.4, 0.5) is 0 Å². The second kappa shape index (κ2) is 7.04. The third kappa shape index (κ3) is 5.28. The Kier molecular flexibility index (Phi) is 5.82. The molecule has 0 unspecified atom stereocenters. The maximum absolute atomic E-state index is 11.5. The fourth-order valence-corrected chi connectivity index (χ4v) is 4.85. The van der Waals surface area contributed by atoms with Crippen LogP contribution in [0.25, 0.3) is 0 Å². The van der Waals surface area contributed by atoms with Gasteiger partial charge in [-0.25, -0.2) is 8.42 Å². The molecular formula is C13H15BrCl2O4S. The molecule has 4 nitrogen and oxygen atoms in total. The second-order valence-corrected chi connectivity index (χ2v) is 9.26. The summed E-state index contributed by atoms with van der Waals surface area (Å²) in [6.07, 6.45) is 1.18. The van der Waals surface area contributed by atoms with Gasteiger partial charge in [0.25, 0.3) is 0 Å². The molecule has 0 atom stereocenters. The third-order valence-corrected chi connectivity index (χ3v) is 5.53. The Morgan fingerprint density at radius 3 is 2.57 bits per heavy atom. The van der Waals surface area contributed by atoms with Crippen molar-refractivity contribution in [3.05, 3.63) is 27.7 Å². The SMILES string of the molecule is O=S(=O)(Cl)CC1(COc2ccc(Br)cc2Cl)CCOCC1. The molecule has 0 aromatic heterocycles. The van der Waals surface area contributed by atoms with Gasteiger partial charge in [0.1, 0.15) is 5.75 Å². The van der Waals surface area contributed by atoms with Gasteiger partial charge in [0.2, 0.25) is 9.05 Å². The smallest absolute Gasteiger partial charge is 0.233 e. The number of benzene rings is 1. The first-order chi connectivity index (χ1) is 9.80. The van der Waals surface area contributed by atoms with Gasteiger partial charge >= 0.3 is 0 Å². The molecule has 1 aliphatic heterocycles. The maximum Gasteiger partial charge on any atom is 0.233 e. The van der Waals surface area contributed by atoms with Gasteiger partial charge in [0.15, 0.2) is 0 Å². The van der Waals surface area contributed by atoms with Crippen molar-refractivity contribution in [1.82, 2.24) is 0 Å². The first kappa shape index (κ1) is 17.3. The van der Waals surface area contributed by atoms with Gasteiger partial charge < -0.3 is 9.47 Å². The topological polar surface area (TPSA) is 52.6 Å². The minimum absolute atomic E-state index is 0.126. The number of rotatable bonds is 5. The molecule has 0 amide bonds. The van der Waals surface area contributed by atoms with Crippen molar-refractivity contribution in [3.8, 4) is 5.75 Å². The average molecular weight is 418 g/mol. The minimum Gasteiger partial charge on any atom is -0.491 e. The van der Waals surface area contributed by atoms with E-state index in [4.69, 9.17) is 31.8 Å². The van der Waals surface area contributed by atoms with Crippen molar-refractivity contribution in [2.24, 2.45) is 5.41 Å². The predicted molar refractivity (Wildman–Crippen MR) is 86.8 cm³/mol. The first-order valence-electron chi connectivity index (χ1n) is 6.38. The van der Waals surface area contributed by atoms with Crippen molar-refractivity contribution < 1.29 is 17.9 Å². The average Bonchev–Trinajstić information content (AvgIpc) is 2.37. The highest BCUT2D eigenvalue weighted by Gasteiger charge is 2.37. The molecule has 0 N–H and O–H groups in total. The van der Waals surface area contributed by atoms with Gasteiger partial charge in [-0.15, -0.1) is 0 Å². The fourth-order valence-electron chi connectivity index (χ4n) is 2.32. The third-order valence-electron chi connectivity index (χ3n) is 3.46. The Bertz CT molecular complexity index is 600. The van der Waals surface area contributed by atoms with Crippen molar-refractivity contribution in [2.45, 2.75) is 12.8 Å². The van der Waals surface area contributed by atoms with Crippen LogP contribution in [0.5, 0.6) is 5.75 Å². The molecule has 1 fully saturated rings. The number of ether oxygens (including phenoxy) is 2. The van der Waals surface area contributed by atoms with Crippen molar-refractivity contribution in [3.63, 3.8) is 0 Å². The number of hydrogen-bond acceptors (Lipinski definition) is 4. The highest BCUT2D eigenvalue weighted by atomic mass is 79.9. The van der Waals surface area contributed by atoms with E-state index in [1.54, 1.807) is 12.1 Å². The van der Waals surface area contributed by atoms with Gasteiger partial charge in [-0.1, -0.05) is 27.5 Å². The van der Waals surface area contributed by atoms with E-state index in [1.165, 1.54) is 0 Å². The Morgan fingerprint density at radius 1 is 1.33 bits per heavy atom. The van der Waals surface area contributed by atoms with E-state index < -0.39 is 14.5 Å². The summed E-state index contributed by atoms with van der Waals surface area (Å²) in [7, 11) is 1.83. The van der Waals surface area contributed by atoms with Gasteiger partial charge in [0.05, 0.1) is 17.4 Å². The molecule has 0 bridgehead atoms. The summed E-state index contributed by atoms with van der Waals surface area (Å²) in [5.41, 5.74) is -0.533. The standard InChI is InChI=1S/C13H15BrCl2O4S/c14-10-1-2-12(11(15)7-10)20-8-13(9-21(16,17)18)3-5-19-6-4-13/h1-2,7H,3-6,8-9H2. The molecule has 21 heavy (non-hydrogen) atoms. The highest BCUT2D eigenvalue weighted by molar-refractivity contribution is 9.10. The maximum atomic E-state index is 11.5. The molecular weight excluding hydrogens is 403 g/mol. The monoisotopic (exact) mass is 416 g/mol. The van der Waals surface area contributed by atoms with E-state index in [1.807, 2.05) is 6.07 Å². The zero-order valence-corrected chi connectivity index (χ0v) is 15.1. The Morgan fingerprint density at radius 2 is 2.00 bits per heavy atom. The largest absolute Gasteiger partial charge is 0.491 e.